The zero-order valence-electron chi connectivity index (χ0n) is 14.6. The average Bonchev–Trinajstić information content (AvgIpc) is 3.10. The topological polar surface area (TPSA) is 17.8 Å². The van der Waals surface area contributed by atoms with Crippen molar-refractivity contribution in [3.8, 4) is 5.69 Å². The lowest BCUT2D eigenvalue weighted by Crippen LogP contribution is -1.98. The quantitative estimate of drug-likeness (QED) is 0.378. The molecule has 0 atom stereocenters. The van der Waals surface area contributed by atoms with Gasteiger partial charge in [0.15, 0.2) is 0 Å². The van der Waals surface area contributed by atoms with Gasteiger partial charge < -0.3 is 0 Å². The van der Waals surface area contributed by atoms with Crippen molar-refractivity contribution in [2.24, 2.45) is 0 Å². The van der Waals surface area contributed by atoms with Crippen molar-refractivity contribution in [1.29, 1.82) is 0 Å². The van der Waals surface area contributed by atoms with Crippen molar-refractivity contribution in [3.05, 3.63) is 70.0 Å². The summed E-state index contributed by atoms with van der Waals surface area (Å²) in [5.41, 5.74) is 10.5. The summed E-state index contributed by atoms with van der Waals surface area (Å²) in [6.07, 6.45) is 0.922. The molecule has 3 aromatic carbocycles. The van der Waals surface area contributed by atoms with Gasteiger partial charge in [-0.15, -0.1) is 0 Å². The molecule has 2 heterocycles. The van der Waals surface area contributed by atoms with Crippen LogP contribution in [-0.2, 0) is 6.42 Å². The van der Waals surface area contributed by atoms with Crippen LogP contribution < -0.4 is 0 Å². The molecule has 1 aliphatic rings. The Bertz CT molecular complexity index is 1160. The Labute approximate surface area is 141 Å². The molecule has 4 aromatic rings. The molecule has 1 aliphatic heterocycles. The highest BCUT2D eigenvalue weighted by Gasteiger charge is 2.26. The van der Waals surface area contributed by atoms with E-state index in [0.29, 0.717) is 0 Å². The molecule has 118 valence electrons. The van der Waals surface area contributed by atoms with Crippen molar-refractivity contribution in [1.82, 2.24) is 9.55 Å². The average molecular weight is 312 g/mol. The molecule has 0 unspecified atom stereocenters. The van der Waals surface area contributed by atoms with Crippen LogP contribution >= 0.6 is 0 Å². The maximum absolute atomic E-state index is 4.93. The zero-order chi connectivity index (χ0) is 16.6. The number of benzene rings is 3. The summed E-state index contributed by atoms with van der Waals surface area (Å²) < 4.78 is 2.42. The molecule has 0 saturated carbocycles. The zero-order valence-corrected chi connectivity index (χ0v) is 14.6. The fourth-order valence-electron chi connectivity index (χ4n) is 4.13. The van der Waals surface area contributed by atoms with Gasteiger partial charge in [0, 0.05) is 11.8 Å². The van der Waals surface area contributed by atoms with Crippen LogP contribution in [0.5, 0.6) is 0 Å². The Hall–Kier alpha value is -2.61. The Morgan fingerprint density at radius 3 is 2.38 bits per heavy atom. The number of rotatable bonds is 0. The van der Waals surface area contributed by atoms with Crippen molar-refractivity contribution in [3.63, 3.8) is 0 Å². The molecule has 1 aromatic heterocycles. The van der Waals surface area contributed by atoms with E-state index < -0.39 is 0 Å². The third kappa shape index (κ3) is 1.58. The molecule has 0 saturated heterocycles. The maximum atomic E-state index is 4.93. The lowest BCUT2D eigenvalue weighted by Gasteiger charge is -2.14. The van der Waals surface area contributed by atoms with E-state index in [2.05, 4.69) is 68.7 Å². The van der Waals surface area contributed by atoms with E-state index in [9.17, 15) is 0 Å². The highest BCUT2D eigenvalue weighted by atomic mass is 15.1. The second kappa shape index (κ2) is 4.47. The Morgan fingerprint density at radius 2 is 1.54 bits per heavy atom. The number of hydrogen-bond acceptors (Lipinski definition) is 1. The number of fused-ring (bicyclic) bond motifs is 7. The molecule has 0 amide bonds. The van der Waals surface area contributed by atoms with Crippen LogP contribution in [-0.4, -0.2) is 9.55 Å². The molecule has 0 radical (unpaired) electrons. The normalized spacial score (nSPS) is 12.8. The first kappa shape index (κ1) is 13.8. The minimum absolute atomic E-state index is 0.922. The van der Waals surface area contributed by atoms with Gasteiger partial charge in [0.1, 0.15) is 5.82 Å². The van der Waals surface area contributed by atoms with E-state index in [1.807, 2.05) is 0 Å². The summed E-state index contributed by atoms with van der Waals surface area (Å²) in [5, 5.41) is 2.70. The van der Waals surface area contributed by atoms with Gasteiger partial charge in [-0.3, -0.25) is 4.57 Å². The van der Waals surface area contributed by atoms with E-state index in [0.717, 1.165) is 11.9 Å². The highest BCUT2D eigenvalue weighted by Crippen LogP contribution is 2.40. The first-order valence-electron chi connectivity index (χ1n) is 8.56. The van der Waals surface area contributed by atoms with Gasteiger partial charge in [-0.05, 0) is 67.0 Å². The molecule has 24 heavy (non-hydrogen) atoms. The summed E-state index contributed by atoms with van der Waals surface area (Å²) in [4.78, 5) is 4.93. The van der Waals surface area contributed by atoms with Crippen LogP contribution in [0.3, 0.4) is 0 Å². The van der Waals surface area contributed by atoms with Crippen LogP contribution in [0.4, 0.5) is 0 Å². The largest absolute Gasteiger partial charge is 0.295 e. The monoisotopic (exact) mass is 312 g/mol. The lowest BCUT2D eigenvalue weighted by atomic mass is 9.96. The van der Waals surface area contributed by atoms with Gasteiger partial charge >= 0.3 is 0 Å². The minimum Gasteiger partial charge on any atom is -0.295 e. The minimum atomic E-state index is 0.922. The molecule has 0 aliphatic carbocycles. The van der Waals surface area contributed by atoms with Gasteiger partial charge in [0.25, 0.3) is 0 Å². The van der Waals surface area contributed by atoms with E-state index in [4.69, 9.17) is 4.98 Å². The number of aryl methyl sites for hydroxylation is 4. The van der Waals surface area contributed by atoms with Gasteiger partial charge in [-0.25, -0.2) is 4.98 Å². The summed E-state index contributed by atoms with van der Waals surface area (Å²) in [6.45, 7) is 8.84. The standard InChI is InChI=1S/C22H20N2/c1-12-5-7-16-8-9-17-11-19-23-18-10-6-13(2)15(4)21(18)24(19)22(17)20(16)14(12)3/h5-10H,11H2,1-4H3. The van der Waals surface area contributed by atoms with E-state index in [-0.39, 0.29) is 0 Å². The molecule has 0 N–H and O–H groups in total. The van der Waals surface area contributed by atoms with Gasteiger partial charge in [0.2, 0.25) is 0 Å². The van der Waals surface area contributed by atoms with Crippen molar-refractivity contribution in [2.45, 2.75) is 34.1 Å². The smallest absolute Gasteiger partial charge is 0.119 e. The van der Waals surface area contributed by atoms with Gasteiger partial charge in [0.05, 0.1) is 16.7 Å². The molecule has 2 heteroatoms. The predicted octanol–water partition coefficient (Wildman–Crippen LogP) is 5.32. The first-order chi connectivity index (χ1) is 11.6. The van der Waals surface area contributed by atoms with Crippen LogP contribution in [0.15, 0.2) is 36.4 Å². The third-order valence-electron chi connectivity index (χ3n) is 5.76. The Kier molecular flexibility index (Phi) is 2.57. The van der Waals surface area contributed by atoms with Crippen molar-refractivity contribution >= 4 is 21.8 Å². The second-order valence-electron chi connectivity index (χ2n) is 7.09. The number of aromatic nitrogens is 2. The van der Waals surface area contributed by atoms with E-state index in [1.54, 1.807) is 0 Å². The fourth-order valence-corrected chi connectivity index (χ4v) is 4.13. The molecule has 5 rings (SSSR count). The van der Waals surface area contributed by atoms with Crippen molar-refractivity contribution in [2.75, 3.05) is 0 Å². The molecule has 0 bridgehead atoms. The molecular weight excluding hydrogens is 292 g/mol. The van der Waals surface area contributed by atoms with Crippen LogP contribution in [0, 0.1) is 27.7 Å². The third-order valence-corrected chi connectivity index (χ3v) is 5.76. The van der Waals surface area contributed by atoms with Crippen LogP contribution in [0.2, 0.25) is 0 Å². The fraction of sp³-hybridized carbons (Fsp3) is 0.227. The van der Waals surface area contributed by atoms with Gasteiger partial charge in [-0.2, -0.15) is 0 Å². The summed E-state index contributed by atoms with van der Waals surface area (Å²) in [6, 6.07) is 13.3. The molecular formula is C22H20N2. The molecule has 0 spiro atoms. The molecule has 2 nitrogen and oxygen atoms in total. The highest BCUT2D eigenvalue weighted by molar-refractivity contribution is 5.98. The van der Waals surface area contributed by atoms with Crippen LogP contribution in [0.1, 0.15) is 33.6 Å². The van der Waals surface area contributed by atoms with Gasteiger partial charge in [-0.1, -0.05) is 30.3 Å². The summed E-state index contributed by atoms with van der Waals surface area (Å²) in [5.74, 6) is 1.17. The first-order valence-corrected chi connectivity index (χ1v) is 8.56. The lowest BCUT2D eigenvalue weighted by molar-refractivity contribution is 1.02. The maximum Gasteiger partial charge on any atom is 0.119 e. The summed E-state index contributed by atoms with van der Waals surface area (Å²) >= 11 is 0. The SMILES string of the molecule is Cc1ccc2ccc3c(c2c1C)-n1c(nc2ccc(C)c(C)c21)C3. The number of nitrogens with zero attached hydrogens (tertiary/aromatic N) is 2. The van der Waals surface area contributed by atoms with Crippen molar-refractivity contribution < 1.29 is 0 Å². The van der Waals surface area contributed by atoms with E-state index >= 15 is 0 Å². The van der Waals surface area contributed by atoms with Crippen LogP contribution in [0.25, 0.3) is 27.5 Å². The number of imidazole rings is 1. The summed E-state index contributed by atoms with van der Waals surface area (Å²) in [7, 11) is 0. The predicted molar refractivity (Wildman–Crippen MR) is 100 cm³/mol. The second-order valence-corrected chi connectivity index (χ2v) is 7.09. The Morgan fingerprint density at radius 1 is 0.833 bits per heavy atom. The molecule has 0 fully saturated rings. The Balaban J connectivity index is 2.01. The van der Waals surface area contributed by atoms with E-state index in [1.165, 1.54) is 55.6 Å². The number of hydrogen-bond donors (Lipinski definition) is 0.